The SMILES string of the molecule is CCCC(CC)C1(C)NOC(C)N1. The van der Waals surface area contributed by atoms with Gasteiger partial charge in [0.2, 0.25) is 0 Å². The minimum absolute atomic E-state index is 0.0375. The number of nitrogens with one attached hydrogen (secondary N) is 2. The molecule has 0 amide bonds. The molecule has 1 aliphatic rings. The Morgan fingerprint density at radius 1 is 1.46 bits per heavy atom. The lowest BCUT2D eigenvalue weighted by Crippen LogP contribution is -2.52. The molecule has 3 nitrogen and oxygen atoms in total. The van der Waals surface area contributed by atoms with Crippen LogP contribution in [0.4, 0.5) is 0 Å². The van der Waals surface area contributed by atoms with Gasteiger partial charge in [0.25, 0.3) is 0 Å². The maximum atomic E-state index is 5.34. The Labute approximate surface area is 81.2 Å². The second-order valence-electron chi connectivity index (χ2n) is 4.10. The van der Waals surface area contributed by atoms with Crippen LogP contribution in [0.15, 0.2) is 0 Å². The molecule has 1 aliphatic heterocycles. The molecule has 1 fully saturated rings. The summed E-state index contributed by atoms with van der Waals surface area (Å²) in [4.78, 5) is 5.34. The van der Waals surface area contributed by atoms with Crippen LogP contribution in [-0.2, 0) is 4.84 Å². The highest BCUT2D eigenvalue weighted by Gasteiger charge is 2.38. The fourth-order valence-electron chi connectivity index (χ4n) is 2.14. The summed E-state index contributed by atoms with van der Waals surface area (Å²) < 4.78 is 0. The maximum absolute atomic E-state index is 5.34. The van der Waals surface area contributed by atoms with Gasteiger partial charge in [-0.05, 0) is 26.2 Å². The van der Waals surface area contributed by atoms with E-state index in [2.05, 4.69) is 31.6 Å². The minimum atomic E-state index is -0.0375. The van der Waals surface area contributed by atoms with Gasteiger partial charge in [-0.25, -0.2) is 0 Å². The van der Waals surface area contributed by atoms with Gasteiger partial charge < -0.3 is 0 Å². The normalized spacial score (nSPS) is 36.5. The summed E-state index contributed by atoms with van der Waals surface area (Å²) in [5, 5.41) is 3.43. The molecule has 0 radical (unpaired) electrons. The van der Waals surface area contributed by atoms with E-state index < -0.39 is 0 Å². The average Bonchev–Trinajstić information content (AvgIpc) is 2.43. The second kappa shape index (κ2) is 4.40. The predicted molar refractivity (Wildman–Crippen MR) is 53.9 cm³/mol. The Balaban J connectivity index is 2.55. The molecular formula is C10H22N2O. The fraction of sp³-hybridized carbons (Fsp3) is 1.00. The fourth-order valence-corrected chi connectivity index (χ4v) is 2.14. The molecule has 1 saturated heterocycles. The van der Waals surface area contributed by atoms with E-state index in [1.807, 2.05) is 6.92 Å². The summed E-state index contributed by atoms with van der Waals surface area (Å²) in [6, 6.07) is 0. The van der Waals surface area contributed by atoms with Crippen LogP contribution in [0.1, 0.15) is 47.0 Å². The van der Waals surface area contributed by atoms with E-state index in [4.69, 9.17) is 4.84 Å². The molecule has 78 valence electrons. The molecule has 0 aromatic carbocycles. The first-order valence-corrected chi connectivity index (χ1v) is 5.33. The van der Waals surface area contributed by atoms with Crippen LogP contribution in [0.3, 0.4) is 0 Å². The zero-order valence-electron chi connectivity index (χ0n) is 9.18. The molecule has 1 rings (SSSR count). The molecule has 2 N–H and O–H groups in total. The third-order valence-corrected chi connectivity index (χ3v) is 2.90. The van der Waals surface area contributed by atoms with Crippen LogP contribution in [0.25, 0.3) is 0 Å². The molecule has 3 unspecified atom stereocenters. The highest BCUT2D eigenvalue weighted by molar-refractivity contribution is 4.88. The topological polar surface area (TPSA) is 33.3 Å². The van der Waals surface area contributed by atoms with Crippen molar-refractivity contribution in [3.05, 3.63) is 0 Å². The van der Waals surface area contributed by atoms with E-state index >= 15 is 0 Å². The van der Waals surface area contributed by atoms with Crippen molar-refractivity contribution in [2.75, 3.05) is 0 Å². The van der Waals surface area contributed by atoms with Crippen LogP contribution < -0.4 is 10.8 Å². The highest BCUT2D eigenvalue weighted by atomic mass is 16.7. The predicted octanol–water partition coefficient (Wildman–Crippen LogP) is 2.00. The van der Waals surface area contributed by atoms with Crippen molar-refractivity contribution >= 4 is 0 Å². The van der Waals surface area contributed by atoms with Crippen LogP contribution >= 0.6 is 0 Å². The molecule has 1 heterocycles. The van der Waals surface area contributed by atoms with Gasteiger partial charge in [0, 0.05) is 0 Å². The lowest BCUT2D eigenvalue weighted by Gasteiger charge is -2.32. The van der Waals surface area contributed by atoms with Crippen molar-refractivity contribution in [1.29, 1.82) is 0 Å². The number of hydrogen-bond donors (Lipinski definition) is 2. The Bertz CT molecular complexity index is 163. The zero-order valence-corrected chi connectivity index (χ0v) is 9.18. The molecular weight excluding hydrogens is 164 g/mol. The van der Waals surface area contributed by atoms with Crippen molar-refractivity contribution in [3.8, 4) is 0 Å². The smallest absolute Gasteiger partial charge is 0.128 e. The van der Waals surface area contributed by atoms with E-state index in [1.54, 1.807) is 0 Å². The number of hydroxylamine groups is 1. The van der Waals surface area contributed by atoms with Gasteiger partial charge in [-0.3, -0.25) is 10.2 Å². The van der Waals surface area contributed by atoms with E-state index in [0.29, 0.717) is 5.92 Å². The van der Waals surface area contributed by atoms with Crippen LogP contribution in [-0.4, -0.2) is 11.9 Å². The lowest BCUT2D eigenvalue weighted by molar-refractivity contribution is 0.00921. The average molecular weight is 186 g/mol. The first kappa shape index (κ1) is 11.0. The van der Waals surface area contributed by atoms with Gasteiger partial charge in [-0.1, -0.05) is 26.7 Å². The van der Waals surface area contributed by atoms with Gasteiger partial charge in [-0.15, -0.1) is 0 Å². The summed E-state index contributed by atoms with van der Waals surface area (Å²) in [5.41, 5.74) is 3.07. The highest BCUT2D eigenvalue weighted by Crippen LogP contribution is 2.26. The number of hydrogen-bond acceptors (Lipinski definition) is 3. The summed E-state index contributed by atoms with van der Waals surface area (Å²) in [6.07, 6.45) is 3.77. The van der Waals surface area contributed by atoms with Crippen molar-refractivity contribution < 1.29 is 4.84 Å². The summed E-state index contributed by atoms with van der Waals surface area (Å²) in [6.45, 7) is 8.67. The van der Waals surface area contributed by atoms with Crippen LogP contribution in [0.5, 0.6) is 0 Å². The van der Waals surface area contributed by atoms with E-state index in [9.17, 15) is 0 Å². The summed E-state index contributed by atoms with van der Waals surface area (Å²) in [7, 11) is 0. The van der Waals surface area contributed by atoms with Crippen molar-refractivity contribution in [3.63, 3.8) is 0 Å². The first-order chi connectivity index (χ1) is 6.12. The maximum Gasteiger partial charge on any atom is 0.128 e. The number of rotatable bonds is 4. The molecule has 0 aliphatic carbocycles. The van der Waals surface area contributed by atoms with Crippen molar-refractivity contribution in [2.24, 2.45) is 5.92 Å². The van der Waals surface area contributed by atoms with Gasteiger partial charge in [-0.2, -0.15) is 5.48 Å². The van der Waals surface area contributed by atoms with E-state index in [-0.39, 0.29) is 11.9 Å². The van der Waals surface area contributed by atoms with Gasteiger partial charge in [0.1, 0.15) is 6.23 Å². The quantitative estimate of drug-likeness (QED) is 0.704. The van der Waals surface area contributed by atoms with Gasteiger partial charge in [0.05, 0.1) is 5.66 Å². The Morgan fingerprint density at radius 2 is 2.15 bits per heavy atom. The standard InChI is InChI=1S/C10H22N2O/c1-5-7-9(6-2)10(4)11-8(3)13-12-10/h8-9,11-12H,5-7H2,1-4H3. The monoisotopic (exact) mass is 186 g/mol. The molecule has 0 bridgehead atoms. The Morgan fingerprint density at radius 3 is 2.54 bits per heavy atom. The van der Waals surface area contributed by atoms with E-state index in [1.165, 1.54) is 19.3 Å². The largest absolute Gasteiger partial charge is 0.281 e. The molecule has 0 saturated carbocycles. The van der Waals surface area contributed by atoms with Crippen LogP contribution in [0.2, 0.25) is 0 Å². The molecule has 0 spiro atoms. The molecule has 3 atom stereocenters. The van der Waals surface area contributed by atoms with E-state index in [0.717, 1.165) is 0 Å². The molecule has 0 aromatic heterocycles. The van der Waals surface area contributed by atoms with Crippen molar-refractivity contribution in [1.82, 2.24) is 10.8 Å². The lowest BCUT2D eigenvalue weighted by atomic mass is 9.88. The Kier molecular flexibility index (Phi) is 3.71. The van der Waals surface area contributed by atoms with Gasteiger partial charge >= 0.3 is 0 Å². The summed E-state index contributed by atoms with van der Waals surface area (Å²) in [5.74, 6) is 0.641. The van der Waals surface area contributed by atoms with Crippen LogP contribution in [0, 0.1) is 5.92 Å². The minimum Gasteiger partial charge on any atom is -0.281 e. The molecule has 0 aromatic rings. The Hall–Kier alpha value is -0.120. The van der Waals surface area contributed by atoms with Crippen molar-refractivity contribution in [2.45, 2.75) is 58.8 Å². The second-order valence-corrected chi connectivity index (χ2v) is 4.10. The third-order valence-electron chi connectivity index (χ3n) is 2.90. The third kappa shape index (κ3) is 2.42. The van der Waals surface area contributed by atoms with Gasteiger partial charge in [0.15, 0.2) is 0 Å². The summed E-state index contributed by atoms with van der Waals surface area (Å²) >= 11 is 0. The molecule has 13 heavy (non-hydrogen) atoms. The first-order valence-electron chi connectivity index (χ1n) is 5.33. The molecule has 3 heteroatoms. The zero-order chi connectivity index (χ0) is 9.90.